The fraction of sp³-hybridized carbons (Fsp3) is 0.583. The van der Waals surface area contributed by atoms with Crippen molar-refractivity contribution in [3.8, 4) is 5.75 Å². The normalized spacial score (nSPS) is 11.2. The lowest BCUT2D eigenvalue weighted by Gasteiger charge is -2.20. The zero-order valence-electron chi connectivity index (χ0n) is 10.0. The van der Waals surface area contributed by atoms with E-state index < -0.39 is 0 Å². The van der Waals surface area contributed by atoms with E-state index in [1.54, 1.807) is 6.20 Å². The SMILES string of the molecule is CCOc1cccnc1NCC(C)(C)C. The number of ether oxygens (including phenoxy) is 1. The van der Waals surface area contributed by atoms with Crippen LogP contribution >= 0.6 is 0 Å². The van der Waals surface area contributed by atoms with Crippen molar-refractivity contribution < 1.29 is 4.74 Å². The van der Waals surface area contributed by atoms with Gasteiger partial charge >= 0.3 is 0 Å². The molecule has 0 saturated carbocycles. The van der Waals surface area contributed by atoms with Crippen molar-refractivity contribution in [3.05, 3.63) is 18.3 Å². The van der Waals surface area contributed by atoms with Crippen LogP contribution in [0.15, 0.2) is 18.3 Å². The van der Waals surface area contributed by atoms with Crippen molar-refractivity contribution in [1.82, 2.24) is 4.98 Å². The summed E-state index contributed by atoms with van der Waals surface area (Å²) in [6, 6.07) is 3.81. The van der Waals surface area contributed by atoms with E-state index in [0.29, 0.717) is 6.61 Å². The second kappa shape index (κ2) is 5.01. The molecule has 0 unspecified atom stereocenters. The summed E-state index contributed by atoms with van der Waals surface area (Å²) in [6.45, 7) is 10.1. The van der Waals surface area contributed by atoms with Gasteiger partial charge in [-0.3, -0.25) is 0 Å². The van der Waals surface area contributed by atoms with Gasteiger partial charge in [0.15, 0.2) is 11.6 Å². The number of aromatic nitrogens is 1. The van der Waals surface area contributed by atoms with Crippen LogP contribution in [-0.4, -0.2) is 18.1 Å². The zero-order valence-corrected chi connectivity index (χ0v) is 10.0. The minimum Gasteiger partial charge on any atom is -0.490 e. The van der Waals surface area contributed by atoms with E-state index in [-0.39, 0.29) is 5.41 Å². The maximum atomic E-state index is 5.48. The Bertz CT molecular complexity index is 305. The summed E-state index contributed by atoms with van der Waals surface area (Å²) < 4.78 is 5.48. The number of nitrogens with zero attached hydrogens (tertiary/aromatic N) is 1. The van der Waals surface area contributed by atoms with Crippen molar-refractivity contribution >= 4 is 5.82 Å². The second-order valence-electron chi connectivity index (χ2n) is 4.70. The van der Waals surface area contributed by atoms with Gasteiger partial charge in [-0.15, -0.1) is 0 Å². The van der Waals surface area contributed by atoms with E-state index in [1.807, 2.05) is 19.1 Å². The van der Waals surface area contributed by atoms with E-state index in [2.05, 4.69) is 31.1 Å². The number of nitrogens with one attached hydrogen (secondary N) is 1. The highest BCUT2D eigenvalue weighted by Crippen LogP contribution is 2.22. The molecule has 1 rings (SSSR count). The molecule has 15 heavy (non-hydrogen) atoms. The van der Waals surface area contributed by atoms with Gasteiger partial charge in [-0.2, -0.15) is 0 Å². The Labute approximate surface area is 91.9 Å². The molecule has 84 valence electrons. The van der Waals surface area contributed by atoms with Gasteiger partial charge in [-0.1, -0.05) is 20.8 Å². The molecule has 0 bridgehead atoms. The predicted molar refractivity (Wildman–Crippen MR) is 63.4 cm³/mol. The van der Waals surface area contributed by atoms with Crippen LogP contribution in [0.4, 0.5) is 5.82 Å². The molecule has 3 heteroatoms. The third-order valence-corrected chi connectivity index (χ3v) is 1.86. The molecule has 0 radical (unpaired) electrons. The summed E-state index contributed by atoms with van der Waals surface area (Å²) >= 11 is 0. The van der Waals surface area contributed by atoms with Gasteiger partial charge in [0.2, 0.25) is 0 Å². The minimum atomic E-state index is 0.237. The molecular weight excluding hydrogens is 188 g/mol. The quantitative estimate of drug-likeness (QED) is 0.826. The third kappa shape index (κ3) is 4.19. The standard InChI is InChI=1S/C12H20N2O/c1-5-15-10-7-6-8-13-11(10)14-9-12(2,3)4/h6-8H,5,9H2,1-4H3,(H,13,14). The molecule has 0 aliphatic heterocycles. The molecule has 1 aromatic rings. The van der Waals surface area contributed by atoms with Crippen molar-refractivity contribution in [2.75, 3.05) is 18.5 Å². The molecule has 0 aliphatic carbocycles. The number of anilines is 1. The lowest BCUT2D eigenvalue weighted by molar-refractivity contribution is 0.340. The van der Waals surface area contributed by atoms with Crippen LogP contribution < -0.4 is 10.1 Å². The summed E-state index contributed by atoms with van der Waals surface area (Å²) in [5.74, 6) is 1.65. The van der Waals surface area contributed by atoms with Gasteiger partial charge in [-0.05, 0) is 24.5 Å². The average molecular weight is 208 g/mol. The molecule has 0 aromatic carbocycles. The van der Waals surface area contributed by atoms with Crippen molar-refractivity contribution in [1.29, 1.82) is 0 Å². The smallest absolute Gasteiger partial charge is 0.168 e. The highest BCUT2D eigenvalue weighted by atomic mass is 16.5. The van der Waals surface area contributed by atoms with Crippen LogP contribution in [0.1, 0.15) is 27.7 Å². The highest BCUT2D eigenvalue weighted by Gasteiger charge is 2.11. The molecule has 0 fully saturated rings. The van der Waals surface area contributed by atoms with Gasteiger partial charge in [-0.25, -0.2) is 4.98 Å². The van der Waals surface area contributed by atoms with Crippen molar-refractivity contribution in [2.45, 2.75) is 27.7 Å². The Morgan fingerprint density at radius 1 is 1.40 bits per heavy atom. The van der Waals surface area contributed by atoms with Gasteiger partial charge in [0.05, 0.1) is 6.61 Å². The molecule has 0 spiro atoms. The number of hydrogen-bond donors (Lipinski definition) is 1. The lowest BCUT2D eigenvalue weighted by Crippen LogP contribution is -2.20. The predicted octanol–water partition coefficient (Wildman–Crippen LogP) is 2.94. The molecular formula is C12H20N2O. The zero-order chi connectivity index (χ0) is 11.3. The number of pyridine rings is 1. The van der Waals surface area contributed by atoms with E-state index in [9.17, 15) is 0 Å². The first-order valence-corrected chi connectivity index (χ1v) is 5.34. The summed E-state index contributed by atoms with van der Waals surface area (Å²) in [4.78, 5) is 4.26. The Morgan fingerprint density at radius 3 is 2.73 bits per heavy atom. The van der Waals surface area contributed by atoms with E-state index in [1.165, 1.54) is 0 Å². The molecule has 3 nitrogen and oxygen atoms in total. The van der Waals surface area contributed by atoms with Crippen LogP contribution in [0, 0.1) is 5.41 Å². The van der Waals surface area contributed by atoms with Gasteiger partial charge < -0.3 is 10.1 Å². The summed E-state index contributed by atoms with van der Waals surface area (Å²) in [5.41, 5.74) is 0.237. The van der Waals surface area contributed by atoms with Crippen LogP contribution in [0.3, 0.4) is 0 Å². The second-order valence-corrected chi connectivity index (χ2v) is 4.70. The Morgan fingerprint density at radius 2 is 2.13 bits per heavy atom. The monoisotopic (exact) mass is 208 g/mol. The summed E-state index contributed by atoms with van der Waals surface area (Å²) in [7, 11) is 0. The molecule has 0 saturated heterocycles. The van der Waals surface area contributed by atoms with E-state index >= 15 is 0 Å². The minimum absolute atomic E-state index is 0.237. The summed E-state index contributed by atoms with van der Waals surface area (Å²) in [5, 5.41) is 3.30. The molecule has 1 N–H and O–H groups in total. The Balaban J connectivity index is 2.67. The summed E-state index contributed by atoms with van der Waals surface area (Å²) in [6.07, 6.45) is 1.77. The molecule has 0 atom stereocenters. The highest BCUT2D eigenvalue weighted by molar-refractivity contribution is 5.49. The molecule has 0 aliphatic rings. The Hall–Kier alpha value is -1.25. The molecule has 1 aromatic heterocycles. The van der Waals surface area contributed by atoms with Crippen LogP contribution in [0.2, 0.25) is 0 Å². The topological polar surface area (TPSA) is 34.1 Å². The largest absolute Gasteiger partial charge is 0.490 e. The third-order valence-electron chi connectivity index (χ3n) is 1.86. The lowest BCUT2D eigenvalue weighted by atomic mass is 9.97. The maximum Gasteiger partial charge on any atom is 0.168 e. The van der Waals surface area contributed by atoms with E-state index in [0.717, 1.165) is 18.1 Å². The number of hydrogen-bond acceptors (Lipinski definition) is 3. The van der Waals surface area contributed by atoms with Gasteiger partial charge in [0.25, 0.3) is 0 Å². The van der Waals surface area contributed by atoms with Crippen LogP contribution in [-0.2, 0) is 0 Å². The van der Waals surface area contributed by atoms with E-state index in [4.69, 9.17) is 4.74 Å². The average Bonchev–Trinajstić information content (AvgIpc) is 2.16. The molecule has 0 amide bonds. The van der Waals surface area contributed by atoms with Gasteiger partial charge in [0, 0.05) is 12.7 Å². The first-order chi connectivity index (χ1) is 7.03. The first kappa shape index (κ1) is 11.8. The first-order valence-electron chi connectivity index (χ1n) is 5.34. The van der Waals surface area contributed by atoms with Crippen LogP contribution in [0.25, 0.3) is 0 Å². The number of rotatable bonds is 4. The fourth-order valence-corrected chi connectivity index (χ4v) is 1.14. The Kier molecular flexibility index (Phi) is 3.95. The van der Waals surface area contributed by atoms with Gasteiger partial charge in [0.1, 0.15) is 0 Å². The maximum absolute atomic E-state index is 5.48. The van der Waals surface area contributed by atoms with Crippen molar-refractivity contribution in [2.24, 2.45) is 5.41 Å². The molecule has 1 heterocycles. The van der Waals surface area contributed by atoms with Crippen LogP contribution in [0.5, 0.6) is 5.75 Å². The van der Waals surface area contributed by atoms with Crippen molar-refractivity contribution in [3.63, 3.8) is 0 Å². The fourth-order valence-electron chi connectivity index (χ4n) is 1.14.